The Balaban J connectivity index is 2.71. The third kappa shape index (κ3) is 4.27. The van der Waals surface area contributed by atoms with Gasteiger partial charge in [-0.15, -0.1) is 6.58 Å². The highest BCUT2D eigenvalue weighted by Crippen LogP contribution is 2.23. The van der Waals surface area contributed by atoms with Gasteiger partial charge in [-0.3, -0.25) is 0 Å². The SMILES string of the molecule is C=CCc1cc(Cl)ccc1OCCCBr. The lowest BCUT2D eigenvalue weighted by molar-refractivity contribution is 0.316. The third-order valence-corrected chi connectivity index (χ3v) is 2.72. The summed E-state index contributed by atoms with van der Waals surface area (Å²) in [6, 6.07) is 5.68. The van der Waals surface area contributed by atoms with Crippen LogP contribution in [-0.2, 0) is 6.42 Å². The normalized spacial score (nSPS) is 10.0. The van der Waals surface area contributed by atoms with Gasteiger partial charge in [-0.05, 0) is 36.6 Å². The summed E-state index contributed by atoms with van der Waals surface area (Å²) in [4.78, 5) is 0. The molecule has 0 saturated carbocycles. The van der Waals surface area contributed by atoms with Gasteiger partial charge in [0.05, 0.1) is 6.61 Å². The van der Waals surface area contributed by atoms with Crippen LogP contribution in [0.5, 0.6) is 5.75 Å². The molecule has 0 bridgehead atoms. The van der Waals surface area contributed by atoms with E-state index < -0.39 is 0 Å². The van der Waals surface area contributed by atoms with Gasteiger partial charge in [-0.1, -0.05) is 33.6 Å². The number of allylic oxidation sites excluding steroid dienone is 1. The van der Waals surface area contributed by atoms with Crippen LogP contribution in [0.15, 0.2) is 30.9 Å². The van der Waals surface area contributed by atoms with Crippen molar-refractivity contribution >= 4 is 27.5 Å². The topological polar surface area (TPSA) is 9.23 Å². The lowest BCUT2D eigenvalue weighted by Crippen LogP contribution is -2.00. The van der Waals surface area contributed by atoms with Crippen LogP contribution in [-0.4, -0.2) is 11.9 Å². The molecule has 0 aliphatic carbocycles. The Morgan fingerprint density at radius 2 is 2.27 bits per heavy atom. The Hall–Kier alpha value is -0.470. The van der Waals surface area contributed by atoms with Gasteiger partial charge in [0.15, 0.2) is 0 Å². The van der Waals surface area contributed by atoms with Gasteiger partial charge < -0.3 is 4.74 Å². The lowest BCUT2D eigenvalue weighted by atomic mass is 10.1. The van der Waals surface area contributed by atoms with Crippen molar-refractivity contribution < 1.29 is 4.74 Å². The van der Waals surface area contributed by atoms with E-state index in [0.29, 0.717) is 0 Å². The number of benzene rings is 1. The summed E-state index contributed by atoms with van der Waals surface area (Å²) < 4.78 is 5.65. The Labute approximate surface area is 104 Å². The van der Waals surface area contributed by atoms with Crippen molar-refractivity contribution in [2.24, 2.45) is 0 Å². The number of rotatable bonds is 6. The molecule has 0 atom stereocenters. The molecule has 0 amide bonds. The molecule has 0 aromatic heterocycles. The van der Waals surface area contributed by atoms with Crippen molar-refractivity contribution in [1.29, 1.82) is 0 Å². The van der Waals surface area contributed by atoms with Crippen molar-refractivity contribution in [3.8, 4) is 5.75 Å². The van der Waals surface area contributed by atoms with Crippen LogP contribution in [0.2, 0.25) is 5.02 Å². The van der Waals surface area contributed by atoms with E-state index in [2.05, 4.69) is 22.5 Å². The van der Waals surface area contributed by atoms with Gasteiger partial charge in [0.2, 0.25) is 0 Å². The van der Waals surface area contributed by atoms with E-state index in [1.807, 2.05) is 24.3 Å². The second kappa shape index (κ2) is 6.91. The van der Waals surface area contributed by atoms with Gasteiger partial charge in [0.1, 0.15) is 5.75 Å². The molecule has 0 radical (unpaired) electrons. The first-order valence-electron chi connectivity index (χ1n) is 4.86. The van der Waals surface area contributed by atoms with E-state index in [1.54, 1.807) is 0 Å². The molecule has 15 heavy (non-hydrogen) atoms. The molecule has 0 aliphatic rings. The standard InChI is InChI=1S/C12H14BrClO/c1-2-4-10-9-11(14)5-6-12(10)15-8-3-7-13/h2,5-6,9H,1,3-4,7-8H2. The van der Waals surface area contributed by atoms with E-state index >= 15 is 0 Å². The minimum Gasteiger partial charge on any atom is -0.493 e. The van der Waals surface area contributed by atoms with Crippen molar-refractivity contribution in [3.63, 3.8) is 0 Å². The first-order chi connectivity index (χ1) is 7.27. The summed E-state index contributed by atoms with van der Waals surface area (Å²) in [6.07, 6.45) is 3.63. The zero-order valence-corrected chi connectivity index (χ0v) is 10.9. The molecular formula is C12H14BrClO. The molecule has 1 rings (SSSR count). The van der Waals surface area contributed by atoms with Crippen LogP contribution in [0, 0.1) is 0 Å². The molecular weight excluding hydrogens is 275 g/mol. The summed E-state index contributed by atoms with van der Waals surface area (Å²) in [5, 5.41) is 1.69. The first-order valence-corrected chi connectivity index (χ1v) is 6.36. The average Bonchev–Trinajstić information content (AvgIpc) is 2.22. The average molecular weight is 290 g/mol. The number of ether oxygens (including phenoxy) is 1. The summed E-state index contributed by atoms with van der Waals surface area (Å²) in [6.45, 7) is 4.44. The molecule has 1 aromatic carbocycles. The molecule has 82 valence electrons. The Morgan fingerprint density at radius 3 is 2.93 bits per heavy atom. The van der Waals surface area contributed by atoms with E-state index in [4.69, 9.17) is 16.3 Å². The van der Waals surface area contributed by atoms with Gasteiger partial charge in [-0.2, -0.15) is 0 Å². The largest absolute Gasteiger partial charge is 0.493 e. The minimum absolute atomic E-state index is 0.719. The lowest BCUT2D eigenvalue weighted by Gasteiger charge is -2.10. The summed E-state index contributed by atoms with van der Waals surface area (Å²) >= 11 is 9.28. The van der Waals surface area contributed by atoms with Crippen LogP contribution in [0.3, 0.4) is 0 Å². The number of hydrogen-bond acceptors (Lipinski definition) is 1. The molecule has 0 spiro atoms. The van der Waals surface area contributed by atoms with Crippen LogP contribution >= 0.6 is 27.5 Å². The van der Waals surface area contributed by atoms with Gasteiger partial charge >= 0.3 is 0 Å². The van der Waals surface area contributed by atoms with E-state index in [0.717, 1.165) is 41.1 Å². The Bertz CT molecular complexity index is 325. The van der Waals surface area contributed by atoms with Crippen LogP contribution < -0.4 is 4.74 Å². The highest BCUT2D eigenvalue weighted by molar-refractivity contribution is 9.09. The van der Waals surface area contributed by atoms with Crippen molar-refractivity contribution in [2.75, 3.05) is 11.9 Å². The summed E-state index contributed by atoms with van der Waals surface area (Å²) in [7, 11) is 0. The molecule has 1 nitrogen and oxygen atoms in total. The molecule has 0 fully saturated rings. The highest BCUT2D eigenvalue weighted by atomic mass is 79.9. The smallest absolute Gasteiger partial charge is 0.122 e. The van der Waals surface area contributed by atoms with Crippen molar-refractivity contribution in [3.05, 3.63) is 41.4 Å². The van der Waals surface area contributed by atoms with Crippen LogP contribution in [0.1, 0.15) is 12.0 Å². The van der Waals surface area contributed by atoms with Crippen LogP contribution in [0.25, 0.3) is 0 Å². The van der Waals surface area contributed by atoms with E-state index in [9.17, 15) is 0 Å². The minimum atomic E-state index is 0.719. The van der Waals surface area contributed by atoms with Gasteiger partial charge in [-0.25, -0.2) is 0 Å². The first kappa shape index (κ1) is 12.6. The second-order valence-corrected chi connectivity index (χ2v) is 4.37. The molecule has 1 aromatic rings. The zero-order valence-electron chi connectivity index (χ0n) is 8.51. The number of halogens is 2. The molecule has 0 saturated heterocycles. The maximum atomic E-state index is 5.92. The van der Waals surface area contributed by atoms with E-state index in [1.165, 1.54) is 0 Å². The zero-order chi connectivity index (χ0) is 11.1. The quantitative estimate of drug-likeness (QED) is 0.432. The van der Waals surface area contributed by atoms with E-state index in [-0.39, 0.29) is 0 Å². The predicted molar refractivity (Wildman–Crippen MR) is 69.3 cm³/mol. The van der Waals surface area contributed by atoms with Gasteiger partial charge in [0, 0.05) is 10.4 Å². The Morgan fingerprint density at radius 1 is 1.47 bits per heavy atom. The molecule has 3 heteroatoms. The highest BCUT2D eigenvalue weighted by Gasteiger charge is 2.02. The number of alkyl halides is 1. The fourth-order valence-corrected chi connectivity index (χ4v) is 1.66. The number of hydrogen-bond donors (Lipinski definition) is 0. The molecule has 0 unspecified atom stereocenters. The summed E-state index contributed by atoms with van der Waals surface area (Å²) in [5.41, 5.74) is 1.09. The maximum absolute atomic E-state index is 5.92. The fourth-order valence-electron chi connectivity index (χ4n) is 1.24. The fraction of sp³-hybridized carbons (Fsp3) is 0.333. The second-order valence-electron chi connectivity index (χ2n) is 3.14. The third-order valence-electron chi connectivity index (χ3n) is 1.92. The van der Waals surface area contributed by atoms with Gasteiger partial charge in [0.25, 0.3) is 0 Å². The molecule has 0 aliphatic heterocycles. The molecule has 0 heterocycles. The molecule has 0 N–H and O–H groups in total. The Kier molecular flexibility index (Phi) is 5.81. The maximum Gasteiger partial charge on any atom is 0.122 e. The predicted octanol–water partition coefficient (Wildman–Crippen LogP) is 4.23. The monoisotopic (exact) mass is 288 g/mol. The van der Waals surface area contributed by atoms with Crippen molar-refractivity contribution in [2.45, 2.75) is 12.8 Å². The van der Waals surface area contributed by atoms with Crippen molar-refractivity contribution in [1.82, 2.24) is 0 Å². The van der Waals surface area contributed by atoms with Crippen LogP contribution in [0.4, 0.5) is 0 Å². The summed E-state index contributed by atoms with van der Waals surface area (Å²) in [5.74, 6) is 0.903.